The van der Waals surface area contributed by atoms with E-state index in [0.717, 1.165) is 0 Å². The molecule has 2 bridgehead atoms. The number of hydrogen-bond donors (Lipinski definition) is 0. The van der Waals surface area contributed by atoms with Gasteiger partial charge in [0.2, 0.25) is 0 Å². The quantitative estimate of drug-likeness (QED) is 0.446. The van der Waals surface area contributed by atoms with Gasteiger partial charge in [-0.15, -0.1) is 0 Å². The van der Waals surface area contributed by atoms with E-state index in [9.17, 15) is 0 Å². The van der Waals surface area contributed by atoms with E-state index in [1.165, 1.54) is 69.8 Å². The highest BCUT2D eigenvalue weighted by atomic mass is 15.0. The summed E-state index contributed by atoms with van der Waals surface area (Å²) in [5.74, 6) is 0.577. The predicted molar refractivity (Wildman–Crippen MR) is 102 cm³/mol. The second-order valence-corrected chi connectivity index (χ2v) is 7.92. The SMILES string of the molecule is C1=Cc2c3n4c5c(nccc5c5cccc2c54)C2CCC3(C=N1)CC2. The van der Waals surface area contributed by atoms with E-state index in [1.54, 1.807) is 0 Å². The van der Waals surface area contributed by atoms with Gasteiger partial charge in [0.15, 0.2) is 0 Å². The lowest BCUT2D eigenvalue weighted by atomic mass is 9.67. The zero-order chi connectivity index (χ0) is 16.2. The summed E-state index contributed by atoms with van der Waals surface area (Å²) in [5.41, 5.74) is 6.94. The lowest BCUT2D eigenvalue weighted by Crippen LogP contribution is -2.36. The summed E-state index contributed by atoms with van der Waals surface area (Å²) in [6.45, 7) is 0. The summed E-state index contributed by atoms with van der Waals surface area (Å²) in [7, 11) is 0. The number of rotatable bonds is 0. The van der Waals surface area contributed by atoms with Gasteiger partial charge in [0.05, 0.1) is 16.7 Å². The molecule has 4 aliphatic rings. The highest BCUT2D eigenvalue weighted by Gasteiger charge is 2.44. The number of para-hydroxylation sites is 1. The van der Waals surface area contributed by atoms with Crippen molar-refractivity contribution in [1.29, 1.82) is 0 Å². The van der Waals surface area contributed by atoms with Crippen LogP contribution in [0.4, 0.5) is 0 Å². The third kappa shape index (κ3) is 1.26. The summed E-state index contributed by atoms with van der Waals surface area (Å²) >= 11 is 0. The molecule has 1 aromatic carbocycles. The van der Waals surface area contributed by atoms with Gasteiger partial charge in [0.1, 0.15) is 0 Å². The van der Waals surface area contributed by atoms with Crippen molar-refractivity contribution >= 4 is 39.5 Å². The van der Waals surface area contributed by atoms with Crippen LogP contribution in [0.15, 0.2) is 41.7 Å². The number of hydrogen-bond acceptors (Lipinski definition) is 2. The fourth-order valence-electron chi connectivity index (χ4n) is 5.82. The van der Waals surface area contributed by atoms with Crippen LogP contribution in [0.5, 0.6) is 0 Å². The van der Waals surface area contributed by atoms with E-state index < -0.39 is 0 Å². The molecule has 0 N–H and O–H groups in total. The largest absolute Gasteiger partial charge is 0.309 e. The van der Waals surface area contributed by atoms with Crippen molar-refractivity contribution in [3.05, 3.63) is 53.6 Å². The first-order valence-corrected chi connectivity index (χ1v) is 9.26. The first-order chi connectivity index (χ1) is 12.4. The van der Waals surface area contributed by atoms with Crippen LogP contribution in [0.3, 0.4) is 0 Å². The van der Waals surface area contributed by atoms with E-state index in [-0.39, 0.29) is 5.41 Å². The lowest BCUT2D eigenvalue weighted by molar-refractivity contribution is 0.335. The summed E-state index contributed by atoms with van der Waals surface area (Å²) in [5, 5.41) is 4.09. The minimum absolute atomic E-state index is 0.0702. The lowest BCUT2D eigenvalue weighted by Gasteiger charge is -2.39. The van der Waals surface area contributed by atoms with Gasteiger partial charge in [-0.1, -0.05) is 18.2 Å². The highest BCUT2D eigenvalue weighted by molar-refractivity contribution is 6.17. The summed E-state index contributed by atoms with van der Waals surface area (Å²) in [6, 6.07) is 8.96. The maximum Gasteiger partial charge on any atom is 0.0757 e. The smallest absolute Gasteiger partial charge is 0.0757 e. The molecule has 6 heterocycles. The van der Waals surface area contributed by atoms with Gasteiger partial charge in [-0.05, 0) is 37.8 Å². The molecule has 3 aromatic heterocycles. The van der Waals surface area contributed by atoms with Gasteiger partial charge >= 0.3 is 0 Å². The van der Waals surface area contributed by atoms with Crippen molar-refractivity contribution in [2.24, 2.45) is 4.99 Å². The van der Waals surface area contributed by atoms with E-state index in [4.69, 9.17) is 4.98 Å². The Morgan fingerprint density at radius 2 is 1.84 bits per heavy atom. The monoisotopic (exact) mass is 323 g/mol. The topological polar surface area (TPSA) is 29.7 Å². The third-order valence-electron chi connectivity index (χ3n) is 6.88. The summed E-state index contributed by atoms with van der Waals surface area (Å²) < 4.78 is 2.56. The van der Waals surface area contributed by atoms with E-state index >= 15 is 0 Å². The fraction of sp³-hybridized carbons (Fsp3) is 0.273. The Kier molecular flexibility index (Phi) is 1.99. The van der Waals surface area contributed by atoms with Crippen LogP contribution in [0.2, 0.25) is 0 Å². The standard InChI is InChI=1S/C22H17N3/c1-2-14-16-7-11-24-18-13-4-8-22(9-5-13)12-23-10-6-17-15(3-1)19(14)25(20(16)18)21(17)22/h1-3,6-7,10-13H,4-5,8-9H2. The maximum atomic E-state index is 4.89. The summed E-state index contributed by atoms with van der Waals surface area (Å²) in [6.07, 6.45) is 13.2. The van der Waals surface area contributed by atoms with E-state index in [2.05, 4.69) is 45.9 Å². The maximum absolute atomic E-state index is 4.89. The van der Waals surface area contributed by atoms with Gasteiger partial charge in [-0.3, -0.25) is 9.98 Å². The molecule has 0 amide bonds. The number of aromatic nitrogens is 2. The second-order valence-electron chi connectivity index (χ2n) is 7.92. The van der Waals surface area contributed by atoms with Crippen LogP contribution >= 0.6 is 0 Å². The zero-order valence-corrected chi connectivity index (χ0v) is 13.9. The number of aliphatic imine (C=N–C) groups is 1. The first-order valence-electron chi connectivity index (χ1n) is 9.26. The molecule has 3 nitrogen and oxygen atoms in total. The number of benzene rings is 1. The van der Waals surface area contributed by atoms with Gasteiger partial charge in [0, 0.05) is 57.4 Å². The van der Waals surface area contributed by atoms with Crippen molar-refractivity contribution in [2.45, 2.75) is 37.0 Å². The van der Waals surface area contributed by atoms with E-state index in [1.807, 2.05) is 12.4 Å². The summed E-state index contributed by atoms with van der Waals surface area (Å²) in [4.78, 5) is 9.56. The molecule has 1 fully saturated rings. The fourth-order valence-corrected chi connectivity index (χ4v) is 5.82. The first kappa shape index (κ1) is 12.6. The molecule has 3 aliphatic heterocycles. The Labute approximate surface area is 145 Å². The molecule has 1 spiro atoms. The van der Waals surface area contributed by atoms with Crippen LogP contribution in [0, 0.1) is 0 Å². The minimum atomic E-state index is 0.0702. The van der Waals surface area contributed by atoms with Crippen LogP contribution in [0.25, 0.3) is 33.3 Å². The van der Waals surface area contributed by atoms with Gasteiger partial charge < -0.3 is 4.40 Å². The molecular formula is C22H17N3. The Bertz CT molecular complexity index is 1250. The molecule has 4 aromatic rings. The normalized spacial score (nSPS) is 26.8. The minimum Gasteiger partial charge on any atom is -0.309 e. The molecule has 25 heavy (non-hydrogen) atoms. The van der Waals surface area contributed by atoms with Crippen LogP contribution in [-0.4, -0.2) is 15.6 Å². The Morgan fingerprint density at radius 1 is 1.00 bits per heavy atom. The molecule has 1 saturated carbocycles. The molecular weight excluding hydrogens is 306 g/mol. The van der Waals surface area contributed by atoms with E-state index in [0.29, 0.717) is 5.92 Å². The Hall–Kier alpha value is -2.68. The number of pyridine rings is 1. The van der Waals surface area contributed by atoms with Gasteiger partial charge in [-0.2, -0.15) is 0 Å². The highest BCUT2D eigenvalue weighted by Crippen LogP contribution is 2.53. The van der Waals surface area contributed by atoms with Crippen LogP contribution in [-0.2, 0) is 5.41 Å². The number of fused-ring (bicyclic) bond motifs is 4. The molecule has 1 aliphatic carbocycles. The van der Waals surface area contributed by atoms with Crippen molar-refractivity contribution in [1.82, 2.24) is 9.38 Å². The average Bonchev–Trinajstić information content (AvgIpc) is 3.09. The van der Waals surface area contributed by atoms with Crippen molar-refractivity contribution in [2.75, 3.05) is 0 Å². The van der Waals surface area contributed by atoms with Crippen molar-refractivity contribution in [3.8, 4) is 0 Å². The molecule has 3 heteroatoms. The van der Waals surface area contributed by atoms with Crippen molar-refractivity contribution in [3.63, 3.8) is 0 Å². The Balaban J connectivity index is 1.89. The van der Waals surface area contributed by atoms with Gasteiger partial charge in [0.25, 0.3) is 0 Å². The molecule has 0 radical (unpaired) electrons. The van der Waals surface area contributed by atoms with Crippen molar-refractivity contribution < 1.29 is 0 Å². The number of nitrogens with zero attached hydrogens (tertiary/aromatic N) is 3. The zero-order valence-electron chi connectivity index (χ0n) is 13.9. The molecule has 0 unspecified atom stereocenters. The molecule has 120 valence electrons. The molecule has 0 saturated heterocycles. The molecule has 0 atom stereocenters. The van der Waals surface area contributed by atoms with Crippen LogP contribution in [0.1, 0.15) is 48.6 Å². The van der Waals surface area contributed by atoms with Gasteiger partial charge in [-0.25, -0.2) is 0 Å². The van der Waals surface area contributed by atoms with Crippen LogP contribution < -0.4 is 0 Å². The molecule has 8 rings (SSSR count). The average molecular weight is 323 g/mol. The predicted octanol–water partition coefficient (Wildman–Crippen LogP) is 5.04. The third-order valence-corrected chi connectivity index (χ3v) is 6.88. The second kappa shape index (κ2) is 3.93. The Morgan fingerprint density at radius 3 is 2.76 bits per heavy atom.